The second-order valence-corrected chi connectivity index (χ2v) is 5.26. The zero-order chi connectivity index (χ0) is 13.7. The predicted molar refractivity (Wildman–Crippen MR) is 78.9 cm³/mol. The summed E-state index contributed by atoms with van der Waals surface area (Å²) >= 11 is 0. The largest absolute Gasteiger partial charge is 0.399 e. The van der Waals surface area contributed by atoms with Gasteiger partial charge in [-0.15, -0.1) is 0 Å². The molecule has 0 spiro atoms. The summed E-state index contributed by atoms with van der Waals surface area (Å²) in [5, 5.41) is 2.89. The van der Waals surface area contributed by atoms with Crippen molar-refractivity contribution in [3.8, 4) is 0 Å². The van der Waals surface area contributed by atoms with Gasteiger partial charge in [0.2, 0.25) is 5.91 Å². The fraction of sp³-hybridized carbons (Fsp3) is 0.533. The number of rotatable bonds is 7. The monoisotopic (exact) mass is 261 g/mol. The van der Waals surface area contributed by atoms with Gasteiger partial charge in [-0.05, 0) is 43.5 Å². The van der Waals surface area contributed by atoms with Crippen LogP contribution in [0.1, 0.15) is 26.2 Å². The molecule has 0 aliphatic heterocycles. The van der Waals surface area contributed by atoms with Gasteiger partial charge in [-0.3, -0.25) is 4.79 Å². The lowest BCUT2D eigenvalue weighted by Crippen LogP contribution is -2.29. The van der Waals surface area contributed by atoms with Gasteiger partial charge in [-0.1, -0.05) is 13.0 Å². The number of nitrogens with one attached hydrogen (secondary N) is 1. The third-order valence-corrected chi connectivity index (χ3v) is 3.49. The highest BCUT2D eigenvalue weighted by Crippen LogP contribution is 2.29. The standard InChI is InChI=1S/C15H23N3O/c1-2-18(11-12-6-7-12)9-8-15(19)17-14-5-3-4-13(16)10-14/h3-5,10,12H,2,6-9,11,16H2,1H3,(H,17,19). The number of nitrogen functional groups attached to an aromatic ring is 1. The zero-order valence-corrected chi connectivity index (χ0v) is 11.6. The summed E-state index contributed by atoms with van der Waals surface area (Å²) in [5.41, 5.74) is 7.12. The van der Waals surface area contributed by atoms with E-state index in [1.54, 1.807) is 6.07 Å². The Bertz CT molecular complexity index is 429. The van der Waals surface area contributed by atoms with Gasteiger partial charge < -0.3 is 16.0 Å². The second kappa shape index (κ2) is 6.57. The Hall–Kier alpha value is -1.55. The van der Waals surface area contributed by atoms with Gasteiger partial charge in [0.1, 0.15) is 0 Å². The minimum Gasteiger partial charge on any atom is -0.399 e. The smallest absolute Gasteiger partial charge is 0.225 e. The molecule has 0 saturated heterocycles. The number of carbonyl (C=O) groups is 1. The minimum absolute atomic E-state index is 0.0554. The summed E-state index contributed by atoms with van der Waals surface area (Å²) in [5.74, 6) is 0.928. The molecule has 1 aliphatic carbocycles. The van der Waals surface area contributed by atoms with Crippen LogP contribution < -0.4 is 11.1 Å². The van der Waals surface area contributed by atoms with Gasteiger partial charge in [0, 0.05) is 30.9 Å². The van der Waals surface area contributed by atoms with Crippen LogP contribution in [-0.4, -0.2) is 30.4 Å². The Labute approximate surface area is 115 Å². The lowest BCUT2D eigenvalue weighted by molar-refractivity contribution is -0.116. The molecule has 3 N–H and O–H groups in total. The molecule has 104 valence electrons. The van der Waals surface area contributed by atoms with E-state index in [0.717, 1.165) is 31.2 Å². The molecule has 0 bridgehead atoms. The number of nitrogens with two attached hydrogens (primary N) is 1. The van der Waals surface area contributed by atoms with Crippen molar-refractivity contribution in [3.05, 3.63) is 24.3 Å². The summed E-state index contributed by atoms with van der Waals surface area (Å²) in [6, 6.07) is 7.29. The summed E-state index contributed by atoms with van der Waals surface area (Å²) in [4.78, 5) is 14.2. The van der Waals surface area contributed by atoms with Gasteiger partial charge in [0.05, 0.1) is 0 Å². The van der Waals surface area contributed by atoms with Crippen LogP contribution in [0.2, 0.25) is 0 Å². The lowest BCUT2D eigenvalue weighted by atomic mass is 10.2. The Morgan fingerprint density at radius 2 is 2.26 bits per heavy atom. The molecular weight excluding hydrogens is 238 g/mol. The highest BCUT2D eigenvalue weighted by Gasteiger charge is 2.23. The first kappa shape index (κ1) is 13.9. The van der Waals surface area contributed by atoms with E-state index in [-0.39, 0.29) is 5.91 Å². The van der Waals surface area contributed by atoms with Crippen LogP contribution in [0.4, 0.5) is 11.4 Å². The molecule has 2 rings (SSSR count). The fourth-order valence-electron chi connectivity index (χ4n) is 2.14. The molecule has 0 unspecified atom stereocenters. The van der Waals surface area contributed by atoms with Gasteiger partial charge >= 0.3 is 0 Å². The van der Waals surface area contributed by atoms with Crippen LogP contribution in [0, 0.1) is 5.92 Å². The van der Waals surface area contributed by atoms with Crippen molar-refractivity contribution in [1.29, 1.82) is 0 Å². The molecular formula is C15H23N3O. The van der Waals surface area contributed by atoms with Gasteiger partial charge in [-0.25, -0.2) is 0 Å². The maximum absolute atomic E-state index is 11.9. The first-order valence-electron chi connectivity index (χ1n) is 7.05. The van der Waals surface area contributed by atoms with Gasteiger partial charge in [-0.2, -0.15) is 0 Å². The van der Waals surface area contributed by atoms with Crippen LogP contribution in [0.5, 0.6) is 0 Å². The molecule has 0 aromatic heterocycles. The van der Waals surface area contributed by atoms with Crippen molar-refractivity contribution in [1.82, 2.24) is 4.90 Å². The summed E-state index contributed by atoms with van der Waals surface area (Å²) < 4.78 is 0. The molecule has 0 heterocycles. The van der Waals surface area contributed by atoms with Crippen LogP contribution in [0.15, 0.2) is 24.3 Å². The van der Waals surface area contributed by atoms with E-state index in [0.29, 0.717) is 12.1 Å². The van der Waals surface area contributed by atoms with Gasteiger partial charge in [0.15, 0.2) is 0 Å². The normalized spacial score (nSPS) is 14.6. The van der Waals surface area contributed by atoms with Crippen molar-refractivity contribution in [2.24, 2.45) is 5.92 Å². The van der Waals surface area contributed by atoms with E-state index in [4.69, 9.17) is 5.73 Å². The summed E-state index contributed by atoms with van der Waals surface area (Å²) in [6.45, 7) is 5.14. The summed E-state index contributed by atoms with van der Waals surface area (Å²) in [6.07, 6.45) is 3.24. The maximum Gasteiger partial charge on any atom is 0.225 e. The Kier molecular flexibility index (Phi) is 4.80. The molecule has 1 fully saturated rings. The third kappa shape index (κ3) is 4.91. The van der Waals surface area contributed by atoms with Crippen molar-refractivity contribution in [2.45, 2.75) is 26.2 Å². The Morgan fingerprint density at radius 1 is 1.47 bits per heavy atom. The third-order valence-electron chi connectivity index (χ3n) is 3.49. The number of anilines is 2. The number of carbonyl (C=O) groups excluding carboxylic acids is 1. The zero-order valence-electron chi connectivity index (χ0n) is 11.6. The molecule has 1 saturated carbocycles. The molecule has 0 atom stereocenters. The number of amides is 1. The Morgan fingerprint density at radius 3 is 2.89 bits per heavy atom. The van der Waals surface area contributed by atoms with Crippen LogP contribution in [0.25, 0.3) is 0 Å². The number of benzene rings is 1. The highest BCUT2D eigenvalue weighted by atomic mass is 16.1. The van der Waals surface area contributed by atoms with Crippen molar-refractivity contribution in [2.75, 3.05) is 30.7 Å². The number of hydrogen-bond acceptors (Lipinski definition) is 3. The number of nitrogens with zero attached hydrogens (tertiary/aromatic N) is 1. The van der Waals surface area contributed by atoms with E-state index in [2.05, 4.69) is 17.1 Å². The van der Waals surface area contributed by atoms with Crippen molar-refractivity contribution in [3.63, 3.8) is 0 Å². The molecule has 1 aliphatic rings. The Balaban J connectivity index is 1.74. The minimum atomic E-state index is 0.0554. The number of hydrogen-bond donors (Lipinski definition) is 2. The van der Waals surface area contributed by atoms with E-state index < -0.39 is 0 Å². The van der Waals surface area contributed by atoms with Crippen molar-refractivity contribution >= 4 is 17.3 Å². The van der Waals surface area contributed by atoms with E-state index in [1.807, 2.05) is 18.2 Å². The van der Waals surface area contributed by atoms with Crippen LogP contribution in [0.3, 0.4) is 0 Å². The predicted octanol–water partition coefficient (Wildman–Crippen LogP) is 2.33. The fourth-order valence-corrected chi connectivity index (χ4v) is 2.14. The first-order chi connectivity index (χ1) is 9.17. The van der Waals surface area contributed by atoms with Crippen molar-refractivity contribution < 1.29 is 4.79 Å². The molecule has 1 aromatic rings. The second-order valence-electron chi connectivity index (χ2n) is 5.26. The average Bonchev–Trinajstić information content (AvgIpc) is 3.18. The maximum atomic E-state index is 11.9. The topological polar surface area (TPSA) is 58.4 Å². The molecule has 4 heteroatoms. The SMILES string of the molecule is CCN(CCC(=O)Nc1cccc(N)c1)CC1CC1. The quantitative estimate of drug-likeness (QED) is 0.741. The first-order valence-corrected chi connectivity index (χ1v) is 7.05. The van der Waals surface area contributed by atoms with Crippen LogP contribution in [-0.2, 0) is 4.79 Å². The van der Waals surface area contributed by atoms with E-state index in [9.17, 15) is 4.79 Å². The highest BCUT2D eigenvalue weighted by molar-refractivity contribution is 5.91. The van der Waals surface area contributed by atoms with E-state index >= 15 is 0 Å². The molecule has 19 heavy (non-hydrogen) atoms. The lowest BCUT2D eigenvalue weighted by Gasteiger charge is -2.19. The van der Waals surface area contributed by atoms with E-state index in [1.165, 1.54) is 12.8 Å². The molecule has 1 amide bonds. The van der Waals surface area contributed by atoms with Gasteiger partial charge in [0.25, 0.3) is 0 Å². The average molecular weight is 261 g/mol. The summed E-state index contributed by atoms with van der Waals surface area (Å²) in [7, 11) is 0. The molecule has 0 radical (unpaired) electrons. The molecule has 4 nitrogen and oxygen atoms in total. The van der Waals surface area contributed by atoms with Crippen LogP contribution >= 0.6 is 0 Å². The molecule has 1 aromatic carbocycles.